The molecule has 1 aromatic rings. The number of hydrogen-bond acceptors (Lipinski definition) is 4. The zero-order valence-corrected chi connectivity index (χ0v) is 12.3. The van der Waals surface area contributed by atoms with Gasteiger partial charge in [-0.1, -0.05) is 37.6 Å². The highest BCUT2D eigenvalue weighted by Gasteiger charge is 2.34. The Bertz CT molecular complexity index is 537. The molecule has 1 aliphatic heterocycles. The fraction of sp³-hybridized carbons (Fsp3) is 0.333. The first-order valence-corrected chi connectivity index (χ1v) is 7.51. The van der Waals surface area contributed by atoms with Crippen LogP contribution in [-0.4, -0.2) is 29.1 Å². The molecule has 4 nitrogen and oxygen atoms in total. The van der Waals surface area contributed by atoms with Crippen LogP contribution in [0.4, 0.5) is 4.79 Å². The van der Waals surface area contributed by atoms with Crippen molar-refractivity contribution < 1.29 is 9.59 Å². The number of carbonyl (C=O) groups is 2. The van der Waals surface area contributed by atoms with Crippen LogP contribution in [0, 0.1) is 0 Å². The van der Waals surface area contributed by atoms with Gasteiger partial charge in [-0.3, -0.25) is 14.5 Å². The maximum absolute atomic E-state index is 12.0. The van der Waals surface area contributed by atoms with Gasteiger partial charge in [-0.2, -0.15) is 0 Å². The van der Waals surface area contributed by atoms with Gasteiger partial charge in [-0.15, -0.1) is 0 Å². The number of benzene rings is 1. The van der Waals surface area contributed by atoms with Crippen molar-refractivity contribution in [3.05, 3.63) is 40.3 Å². The maximum Gasteiger partial charge on any atom is 0.293 e. The number of rotatable bonds is 5. The van der Waals surface area contributed by atoms with E-state index < -0.39 is 0 Å². The van der Waals surface area contributed by atoms with E-state index in [1.807, 2.05) is 12.1 Å². The highest BCUT2D eigenvalue weighted by atomic mass is 32.2. The number of aryl methyl sites for hydroxylation is 1. The molecule has 0 spiro atoms. The lowest BCUT2D eigenvalue weighted by atomic mass is 10.1. The van der Waals surface area contributed by atoms with Crippen LogP contribution in [0.15, 0.2) is 29.2 Å². The number of amides is 2. The Labute approximate surface area is 123 Å². The highest BCUT2D eigenvalue weighted by molar-refractivity contribution is 8.18. The third-order valence-corrected chi connectivity index (χ3v) is 3.95. The molecule has 0 radical (unpaired) electrons. The molecule has 0 aromatic heterocycles. The Hall–Kier alpha value is -1.59. The molecule has 2 N–H and O–H groups in total. The first-order valence-electron chi connectivity index (χ1n) is 6.70. The number of hydrogen-bond donors (Lipinski definition) is 1. The van der Waals surface area contributed by atoms with Gasteiger partial charge in [0.25, 0.3) is 11.1 Å². The summed E-state index contributed by atoms with van der Waals surface area (Å²) in [5.74, 6) is -0.247. The zero-order chi connectivity index (χ0) is 14.5. The van der Waals surface area contributed by atoms with Gasteiger partial charge in [0.15, 0.2) is 0 Å². The molecule has 5 heteroatoms. The predicted molar refractivity (Wildman–Crippen MR) is 82.2 cm³/mol. The smallest absolute Gasteiger partial charge is 0.293 e. The zero-order valence-electron chi connectivity index (χ0n) is 11.5. The number of imide groups is 1. The standard InChI is InChI=1S/C15H18N2O2S/c1-2-3-11-4-6-12(7-5-11)10-13-14(18)17(9-8-16)15(19)20-13/h4-7,10H,2-3,8-9,16H2,1H3. The second kappa shape index (κ2) is 6.72. The average molecular weight is 290 g/mol. The Morgan fingerprint density at radius 1 is 1.25 bits per heavy atom. The van der Waals surface area contributed by atoms with Crippen LogP contribution in [-0.2, 0) is 11.2 Å². The lowest BCUT2D eigenvalue weighted by Gasteiger charge is -2.09. The normalized spacial score (nSPS) is 17.3. The summed E-state index contributed by atoms with van der Waals surface area (Å²) in [6.07, 6.45) is 3.92. The molecule has 2 amide bonds. The minimum Gasteiger partial charge on any atom is -0.329 e. The third-order valence-electron chi connectivity index (χ3n) is 3.04. The first kappa shape index (κ1) is 14.8. The molecule has 106 valence electrons. The van der Waals surface area contributed by atoms with E-state index in [0.29, 0.717) is 4.91 Å². The van der Waals surface area contributed by atoms with E-state index in [4.69, 9.17) is 5.73 Å². The Kier molecular flexibility index (Phi) is 4.98. The van der Waals surface area contributed by atoms with Gasteiger partial charge in [0.2, 0.25) is 0 Å². The minimum atomic E-state index is -0.247. The lowest BCUT2D eigenvalue weighted by Crippen LogP contribution is -2.33. The van der Waals surface area contributed by atoms with E-state index >= 15 is 0 Å². The molecular formula is C15H18N2O2S. The fourth-order valence-corrected chi connectivity index (χ4v) is 2.91. The van der Waals surface area contributed by atoms with Crippen molar-refractivity contribution in [1.29, 1.82) is 0 Å². The van der Waals surface area contributed by atoms with Crippen molar-refractivity contribution in [1.82, 2.24) is 4.90 Å². The molecule has 1 fully saturated rings. The predicted octanol–water partition coefficient (Wildman–Crippen LogP) is 2.63. The summed E-state index contributed by atoms with van der Waals surface area (Å²) in [6.45, 7) is 2.70. The van der Waals surface area contributed by atoms with Crippen molar-refractivity contribution in [3.8, 4) is 0 Å². The van der Waals surface area contributed by atoms with Crippen molar-refractivity contribution >= 4 is 29.0 Å². The van der Waals surface area contributed by atoms with Crippen LogP contribution < -0.4 is 5.73 Å². The third kappa shape index (κ3) is 3.29. The van der Waals surface area contributed by atoms with Gasteiger partial charge >= 0.3 is 0 Å². The topological polar surface area (TPSA) is 63.4 Å². The van der Waals surface area contributed by atoms with Gasteiger partial charge in [0, 0.05) is 13.1 Å². The summed E-state index contributed by atoms with van der Waals surface area (Å²) < 4.78 is 0. The van der Waals surface area contributed by atoms with Crippen LogP contribution in [0.1, 0.15) is 24.5 Å². The van der Waals surface area contributed by atoms with Crippen LogP contribution in [0.2, 0.25) is 0 Å². The van der Waals surface area contributed by atoms with Crippen LogP contribution in [0.3, 0.4) is 0 Å². The summed E-state index contributed by atoms with van der Waals surface area (Å²) >= 11 is 0.974. The van der Waals surface area contributed by atoms with E-state index in [9.17, 15) is 9.59 Å². The first-order chi connectivity index (χ1) is 9.65. The number of thioether (sulfide) groups is 1. The monoisotopic (exact) mass is 290 g/mol. The van der Waals surface area contributed by atoms with E-state index in [1.165, 1.54) is 10.5 Å². The van der Waals surface area contributed by atoms with E-state index in [0.717, 1.165) is 30.2 Å². The molecule has 20 heavy (non-hydrogen) atoms. The lowest BCUT2D eigenvalue weighted by molar-refractivity contribution is -0.122. The minimum absolute atomic E-state index is 0.241. The molecule has 1 aromatic carbocycles. The molecule has 0 unspecified atom stereocenters. The number of nitrogens with zero attached hydrogens (tertiary/aromatic N) is 1. The van der Waals surface area contributed by atoms with E-state index in [-0.39, 0.29) is 24.2 Å². The van der Waals surface area contributed by atoms with Gasteiger partial charge in [0.1, 0.15) is 0 Å². The van der Waals surface area contributed by atoms with Crippen molar-refractivity contribution in [2.45, 2.75) is 19.8 Å². The Balaban J connectivity index is 2.15. The molecule has 0 bridgehead atoms. The van der Waals surface area contributed by atoms with Crippen LogP contribution in [0.25, 0.3) is 6.08 Å². The summed E-state index contributed by atoms with van der Waals surface area (Å²) in [5, 5.41) is -0.241. The maximum atomic E-state index is 12.0. The van der Waals surface area contributed by atoms with Crippen molar-refractivity contribution in [2.75, 3.05) is 13.1 Å². The Morgan fingerprint density at radius 2 is 1.95 bits per heavy atom. The molecule has 1 saturated heterocycles. The van der Waals surface area contributed by atoms with Gasteiger partial charge in [-0.25, -0.2) is 0 Å². The second-order valence-electron chi connectivity index (χ2n) is 4.61. The van der Waals surface area contributed by atoms with E-state index in [1.54, 1.807) is 6.08 Å². The average Bonchev–Trinajstić information content (AvgIpc) is 2.69. The van der Waals surface area contributed by atoms with Crippen molar-refractivity contribution in [3.63, 3.8) is 0 Å². The molecular weight excluding hydrogens is 272 g/mol. The summed E-state index contributed by atoms with van der Waals surface area (Å²) in [7, 11) is 0. The molecule has 0 atom stereocenters. The molecule has 0 saturated carbocycles. The fourth-order valence-electron chi connectivity index (χ4n) is 2.04. The highest BCUT2D eigenvalue weighted by Crippen LogP contribution is 2.31. The number of nitrogens with two attached hydrogens (primary N) is 1. The van der Waals surface area contributed by atoms with E-state index in [2.05, 4.69) is 19.1 Å². The second-order valence-corrected chi connectivity index (χ2v) is 5.61. The van der Waals surface area contributed by atoms with Gasteiger partial charge < -0.3 is 5.73 Å². The van der Waals surface area contributed by atoms with Crippen molar-refractivity contribution in [2.24, 2.45) is 5.73 Å². The summed E-state index contributed by atoms with van der Waals surface area (Å²) in [5.41, 5.74) is 7.61. The molecule has 1 heterocycles. The molecule has 2 rings (SSSR count). The van der Waals surface area contributed by atoms with Crippen LogP contribution in [0.5, 0.6) is 0 Å². The van der Waals surface area contributed by atoms with Gasteiger partial charge in [0.05, 0.1) is 4.91 Å². The molecule has 0 aliphatic carbocycles. The summed E-state index contributed by atoms with van der Waals surface area (Å²) in [6, 6.07) is 8.06. The quantitative estimate of drug-likeness (QED) is 0.847. The summed E-state index contributed by atoms with van der Waals surface area (Å²) in [4.78, 5) is 25.4. The molecule has 1 aliphatic rings. The Morgan fingerprint density at radius 3 is 2.55 bits per heavy atom. The number of carbonyl (C=O) groups excluding carboxylic acids is 2. The van der Waals surface area contributed by atoms with Gasteiger partial charge in [-0.05, 0) is 35.4 Å². The van der Waals surface area contributed by atoms with Crippen LogP contribution >= 0.6 is 11.8 Å². The SMILES string of the molecule is CCCc1ccc(C=C2SC(=O)N(CCN)C2=O)cc1. The largest absolute Gasteiger partial charge is 0.329 e.